The Balaban J connectivity index is 1.80. The highest BCUT2D eigenvalue weighted by atomic mass is 16.5. The number of anilines is 1. The van der Waals surface area contributed by atoms with Crippen LogP contribution in [0, 0.1) is 6.92 Å². The van der Waals surface area contributed by atoms with Gasteiger partial charge in [-0.05, 0) is 50.1 Å². The summed E-state index contributed by atoms with van der Waals surface area (Å²) in [7, 11) is 0. The summed E-state index contributed by atoms with van der Waals surface area (Å²) in [5.41, 5.74) is 2.61. The molecule has 2 rings (SSSR count). The van der Waals surface area contributed by atoms with Crippen molar-refractivity contribution in [3.8, 4) is 5.75 Å². The average Bonchev–Trinajstić information content (AvgIpc) is 2.48. The van der Waals surface area contributed by atoms with Gasteiger partial charge < -0.3 is 9.64 Å². The molecule has 0 bridgehead atoms. The molecule has 20 heavy (non-hydrogen) atoms. The van der Waals surface area contributed by atoms with Crippen molar-refractivity contribution in [2.24, 2.45) is 0 Å². The first kappa shape index (κ1) is 14.4. The van der Waals surface area contributed by atoms with Crippen LogP contribution in [0.25, 0.3) is 0 Å². The van der Waals surface area contributed by atoms with Gasteiger partial charge in [0.2, 0.25) is 0 Å². The number of para-hydroxylation sites is 1. The van der Waals surface area contributed by atoms with Gasteiger partial charge in [0.1, 0.15) is 5.75 Å². The van der Waals surface area contributed by atoms with Gasteiger partial charge in [0, 0.05) is 18.8 Å². The van der Waals surface area contributed by atoms with Gasteiger partial charge in [0.25, 0.3) is 0 Å². The molecule has 0 aliphatic rings. The van der Waals surface area contributed by atoms with Crippen molar-refractivity contribution in [3.63, 3.8) is 0 Å². The molecular weight excluding hydrogens is 246 g/mol. The van der Waals surface area contributed by atoms with Crippen molar-refractivity contribution in [2.75, 3.05) is 24.6 Å². The molecule has 0 radical (unpaired) electrons. The van der Waals surface area contributed by atoms with E-state index in [0.29, 0.717) is 0 Å². The molecule has 0 spiro atoms. The maximum absolute atomic E-state index is 5.73. The molecule has 0 N–H and O–H groups in total. The van der Waals surface area contributed by atoms with Crippen molar-refractivity contribution in [1.29, 1.82) is 0 Å². The van der Waals surface area contributed by atoms with E-state index in [1.54, 1.807) is 0 Å². The summed E-state index contributed by atoms with van der Waals surface area (Å²) >= 11 is 0. The molecule has 0 aliphatic heterocycles. The molecular formula is C18H23NO. The molecule has 0 heterocycles. The van der Waals surface area contributed by atoms with E-state index in [1.165, 1.54) is 11.3 Å². The van der Waals surface area contributed by atoms with E-state index in [9.17, 15) is 0 Å². The lowest BCUT2D eigenvalue weighted by Crippen LogP contribution is -2.25. The van der Waals surface area contributed by atoms with Crippen molar-refractivity contribution in [3.05, 3.63) is 60.2 Å². The number of hydrogen-bond acceptors (Lipinski definition) is 2. The Hall–Kier alpha value is -1.96. The molecule has 0 fully saturated rings. The lowest BCUT2D eigenvalue weighted by atomic mass is 10.2. The van der Waals surface area contributed by atoms with E-state index in [0.717, 1.165) is 31.9 Å². The van der Waals surface area contributed by atoms with E-state index in [4.69, 9.17) is 4.74 Å². The SMILES string of the molecule is CCN(CCCOc1ccccc1)c1cccc(C)c1. The standard InChI is InChI=1S/C18H23NO/c1-3-19(17-10-7-9-16(2)15-17)13-8-14-20-18-11-5-4-6-12-18/h4-7,9-12,15H,3,8,13-14H2,1-2H3. The topological polar surface area (TPSA) is 12.5 Å². The van der Waals surface area contributed by atoms with Gasteiger partial charge in [-0.1, -0.05) is 30.3 Å². The summed E-state index contributed by atoms with van der Waals surface area (Å²) in [6, 6.07) is 18.7. The number of aryl methyl sites for hydroxylation is 1. The molecule has 2 nitrogen and oxygen atoms in total. The van der Waals surface area contributed by atoms with Crippen LogP contribution in [0.2, 0.25) is 0 Å². The normalized spacial score (nSPS) is 10.3. The lowest BCUT2D eigenvalue weighted by molar-refractivity contribution is 0.312. The second kappa shape index (κ2) is 7.59. The van der Waals surface area contributed by atoms with Crippen LogP contribution < -0.4 is 9.64 Å². The van der Waals surface area contributed by atoms with E-state index >= 15 is 0 Å². The number of benzene rings is 2. The first-order valence-electron chi connectivity index (χ1n) is 7.29. The fourth-order valence-corrected chi connectivity index (χ4v) is 2.26. The molecule has 0 saturated heterocycles. The van der Waals surface area contributed by atoms with Crippen LogP contribution >= 0.6 is 0 Å². The van der Waals surface area contributed by atoms with Crippen molar-refractivity contribution in [1.82, 2.24) is 0 Å². The van der Waals surface area contributed by atoms with Crippen LogP contribution in [0.15, 0.2) is 54.6 Å². The highest BCUT2D eigenvalue weighted by molar-refractivity contribution is 5.48. The van der Waals surface area contributed by atoms with Crippen molar-refractivity contribution < 1.29 is 4.74 Å². The van der Waals surface area contributed by atoms with Gasteiger partial charge >= 0.3 is 0 Å². The van der Waals surface area contributed by atoms with Gasteiger partial charge in [0.15, 0.2) is 0 Å². The molecule has 0 aromatic heterocycles. The van der Waals surface area contributed by atoms with Gasteiger partial charge in [-0.25, -0.2) is 0 Å². The fourth-order valence-electron chi connectivity index (χ4n) is 2.26. The predicted molar refractivity (Wildman–Crippen MR) is 85.6 cm³/mol. The predicted octanol–water partition coefficient (Wildman–Crippen LogP) is 4.29. The van der Waals surface area contributed by atoms with Crippen molar-refractivity contribution >= 4 is 5.69 Å². The second-order valence-electron chi connectivity index (χ2n) is 4.93. The van der Waals surface area contributed by atoms with Gasteiger partial charge in [0.05, 0.1) is 6.61 Å². The van der Waals surface area contributed by atoms with E-state index in [-0.39, 0.29) is 0 Å². The highest BCUT2D eigenvalue weighted by Gasteiger charge is 2.04. The Morgan fingerprint density at radius 3 is 2.50 bits per heavy atom. The summed E-state index contributed by atoms with van der Waals surface area (Å²) in [4.78, 5) is 2.39. The zero-order valence-electron chi connectivity index (χ0n) is 12.4. The second-order valence-corrected chi connectivity index (χ2v) is 4.93. The maximum Gasteiger partial charge on any atom is 0.119 e. The Morgan fingerprint density at radius 1 is 1.00 bits per heavy atom. The largest absolute Gasteiger partial charge is 0.494 e. The van der Waals surface area contributed by atoms with Crippen LogP contribution in [0.4, 0.5) is 5.69 Å². The summed E-state index contributed by atoms with van der Waals surface area (Å²) in [6.07, 6.45) is 1.02. The average molecular weight is 269 g/mol. The third-order valence-corrected chi connectivity index (χ3v) is 3.33. The third-order valence-electron chi connectivity index (χ3n) is 3.33. The minimum absolute atomic E-state index is 0.756. The molecule has 2 heteroatoms. The monoisotopic (exact) mass is 269 g/mol. The Kier molecular flexibility index (Phi) is 5.48. The summed E-state index contributed by atoms with van der Waals surface area (Å²) in [5, 5.41) is 0. The smallest absolute Gasteiger partial charge is 0.119 e. The van der Waals surface area contributed by atoms with Crippen LogP contribution in [-0.2, 0) is 0 Å². The number of hydrogen-bond donors (Lipinski definition) is 0. The zero-order chi connectivity index (χ0) is 14.2. The number of rotatable bonds is 7. The highest BCUT2D eigenvalue weighted by Crippen LogP contribution is 2.16. The number of ether oxygens (including phenoxy) is 1. The summed E-state index contributed by atoms with van der Waals surface area (Å²) < 4.78 is 5.73. The Morgan fingerprint density at radius 2 is 1.80 bits per heavy atom. The first-order chi connectivity index (χ1) is 9.79. The molecule has 0 atom stereocenters. The lowest BCUT2D eigenvalue weighted by Gasteiger charge is -2.23. The quantitative estimate of drug-likeness (QED) is 0.695. The molecule has 0 aliphatic carbocycles. The minimum atomic E-state index is 0.756. The molecule has 0 unspecified atom stereocenters. The molecule has 0 saturated carbocycles. The molecule has 106 valence electrons. The van der Waals surface area contributed by atoms with Crippen LogP contribution in [-0.4, -0.2) is 19.7 Å². The Bertz CT molecular complexity index is 510. The van der Waals surface area contributed by atoms with Gasteiger partial charge in [-0.2, -0.15) is 0 Å². The molecule has 2 aromatic carbocycles. The molecule has 2 aromatic rings. The van der Waals surface area contributed by atoms with Crippen molar-refractivity contribution in [2.45, 2.75) is 20.3 Å². The zero-order valence-corrected chi connectivity index (χ0v) is 12.4. The van der Waals surface area contributed by atoms with Crippen LogP contribution in [0.3, 0.4) is 0 Å². The fraction of sp³-hybridized carbons (Fsp3) is 0.333. The number of nitrogens with zero attached hydrogens (tertiary/aromatic N) is 1. The van der Waals surface area contributed by atoms with E-state index in [2.05, 4.69) is 43.0 Å². The van der Waals surface area contributed by atoms with Crippen LogP contribution in [0.1, 0.15) is 18.9 Å². The van der Waals surface area contributed by atoms with E-state index in [1.807, 2.05) is 30.3 Å². The van der Waals surface area contributed by atoms with Crippen LogP contribution in [0.5, 0.6) is 5.75 Å². The third kappa shape index (κ3) is 4.30. The summed E-state index contributed by atoms with van der Waals surface area (Å²) in [5.74, 6) is 0.950. The summed E-state index contributed by atoms with van der Waals surface area (Å²) in [6.45, 7) is 7.13. The van der Waals surface area contributed by atoms with Gasteiger partial charge in [-0.15, -0.1) is 0 Å². The minimum Gasteiger partial charge on any atom is -0.494 e. The van der Waals surface area contributed by atoms with Gasteiger partial charge in [-0.3, -0.25) is 0 Å². The first-order valence-corrected chi connectivity index (χ1v) is 7.29. The Labute approximate surface area is 122 Å². The van der Waals surface area contributed by atoms with E-state index < -0.39 is 0 Å². The molecule has 0 amide bonds. The maximum atomic E-state index is 5.73.